The second-order valence-corrected chi connectivity index (χ2v) is 12.7. The fourth-order valence-corrected chi connectivity index (χ4v) is 5.85. The van der Waals surface area contributed by atoms with Crippen LogP contribution in [0.25, 0.3) is 0 Å². The number of hydrogen-bond donors (Lipinski definition) is 1. The maximum Gasteiger partial charge on any atom is 0.326 e. The van der Waals surface area contributed by atoms with Gasteiger partial charge in [0.05, 0.1) is 15.6 Å². The molecule has 8 nitrogen and oxygen atoms in total. The zero-order chi connectivity index (χ0) is 30.6. The summed E-state index contributed by atoms with van der Waals surface area (Å²) in [7, 11) is -3.39. The zero-order valence-electron chi connectivity index (χ0n) is 23.6. The summed E-state index contributed by atoms with van der Waals surface area (Å²) in [5.41, 5.74) is 1.57. The molecule has 1 fully saturated rings. The Kier molecular flexibility index (Phi) is 10.8. The molecule has 0 radical (unpaired) electrons. The number of aromatic nitrogens is 1. The van der Waals surface area contributed by atoms with Crippen molar-refractivity contribution in [3.05, 3.63) is 107 Å². The number of piperidine rings is 1. The number of carbonyl (C=O) groups is 1. The van der Waals surface area contributed by atoms with E-state index in [-0.39, 0.29) is 34.1 Å². The van der Waals surface area contributed by atoms with Crippen molar-refractivity contribution in [3.8, 4) is 11.6 Å². The van der Waals surface area contributed by atoms with Crippen LogP contribution in [0.5, 0.6) is 11.6 Å². The molecule has 0 unspecified atom stereocenters. The summed E-state index contributed by atoms with van der Waals surface area (Å²) < 4.78 is 56.8. The third-order valence-corrected chi connectivity index (χ3v) is 8.50. The summed E-state index contributed by atoms with van der Waals surface area (Å²) >= 11 is 6.21. The number of amides is 2. The van der Waals surface area contributed by atoms with Crippen LogP contribution in [0.15, 0.2) is 90.0 Å². The fourth-order valence-electron chi connectivity index (χ4n) is 4.92. The molecule has 0 atom stereocenters. The Morgan fingerprint density at radius 1 is 1.05 bits per heavy atom. The highest BCUT2D eigenvalue weighted by Gasteiger charge is 2.30. The Hall–Kier alpha value is -3.77. The molecule has 1 aliphatic heterocycles. The molecule has 0 aliphatic carbocycles. The third kappa shape index (κ3) is 8.23. The number of para-hydroxylation sites is 1. The molecule has 13 heteroatoms. The van der Waals surface area contributed by atoms with E-state index in [1.807, 2.05) is 36.4 Å². The van der Waals surface area contributed by atoms with Gasteiger partial charge in [-0.2, -0.15) is 0 Å². The number of sulfone groups is 1. The van der Waals surface area contributed by atoms with Crippen LogP contribution in [0.3, 0.4) is 0 Å². The quantitative estimate of drug-likeness (QED) is 0.212. The molecule has 0 bridgehead atoms. The Morgan fingerprint density at radius 3 is 2.39 bits per heavy atom. The largest absolute Gasteiger partial charge is 0.437 e. The summed E-state index contributed by atoms with van der Waals surface area (Å²) in [4.78, 5) is 21.7. The lowest BCUT2D eigenvalue weighted by Crippen LogP contribution is -2.49. The molecule has 3 aromatic carbocycles. The first-order valence-corrected chi connectivity index (χ1v) is 15.8. The van der Waals surface area contributed by atoms with Crippen LogP contribution in [0.4, 0.5) is 25.0 Å². The Bertz CT molecular complexity index is 1710. The van der Waals surface area contributed by atoms with Crippen LogP contribution in [0.1, 0.15) is 18.4 Å². The van der Waals surface area contributed by atoms with Gasteiger partial charge in [0.25, 0.3) is 0 Å². The molecule has 1 saturated heterocycles. The van der Waals surface area contributed by atoms with Gasteiger partial charge < -0.3 is 10.1 Å². The van der Waals surface area contributed by atoms with Crippen molar-refractivity contribution < 1.29 is 26.7 Å². The van der Waals surface area contributed by atoms with E-state index in [4.69, 9.17) is 16.3 Å². The number of hydrogen-bond acceptors (Lipinski definition) is 6. The monoisotopic (exact) mass is 662 g/mol. The molecule has 2 heterocycles. The molecule has 4 aromatic rings. The molecule has 44 heavy (non-hydrogen) atoms. The van der Waals surface area contributed by atoms with E-state index in [9.17, 15) is 22.0 Å². The minimum atomic E-state index is -3.39. The number of pyridine rings is 1. The van der Waals surface area contributed by atoms with Crippen LogP contribution < -0.4 is 15.0 Å². The number of urea groups is 1. The van der Waals surface area contributed by atoms with Gasteiger partial charge in [-0.3, -0.25) is 9.80 Å². The average molecular weight is 664 g/mol. The van der Waals surface area contributed by atoms with E-state index in [0.717, 1.165) is 24.0 Å². The fraction of sp³-hybridized carbons (Fsp3) is 0.226. The summed E-state index contributed by atoms with van der Waals surface area (Å²) in [6.07, 6.45) is 4.19. The van der Waals surface area contributed by atoms with Gasteiger partial charge in [-0.25, -0.2) is 27.0 Å². The lowest BCUT2D eigenvalue weighted by molar-refractivity contribution is 0.199. The SMILES string of the molecule is CS(=O)(=O)c1ccc(Oc2ccc(CN3CCC(N(C(=O)Nc4ccc(F)cc4F)c4ccccc4)CC3)cn2)c(Cl)c1.Cl. The predicted octanol–water partition coefficient (Wildman–Crippen LogP) is 7.33. The van der Waals surface area contributed by atoms with Gasteiger partial charge in [0.2, 0.25) is 5.88 Å². The van der Waals surface area contributed by atoms with E-state index in [2.05, 4.69) is 15.2 Å². The van der Waals surface area contributed by atoms with E-state index >= 15 is 0 Å². The highest BCUT2D eigenvalue weighted by atomic mass is 35.5. The van der Waals surface area contributed by atoms with E-state index < -0.39 is 27.5 Å². The van der Waals surface area contributed by atoms with Crippen LogP contribution in [-0.4, -0.2) is 49.7 Å². The lowest BCUT2D eigenvalue weighted by atomic mass is 10.0. The van der Waals surface area contributed by atoms with Gasteiger partial charge in [-0.15, -0.1) is 12.4 Å². The minimum Gasteiger partial charge on any atom is -0.437 e. The predicted molar refractivity (Wildman–Crippen MR) is 169 cm³/mol. The number of halogens is 4. The molecule has 0 saturated carbocycles. The number of nitrogens with zero attached hydrogens (tertiary/aromatic N) is 3. The molecular weight excluding hydrogens is 633 g/mol. The van der Waals surface area contributed by atoms with Crippen molar-refractivity contribution in [2.75, 3.05) is 29.6 Å². The smallest absolute Gasteiger partial charge is 0.326 e. The van der Waals surface area contributed by atoms with Gasteiger partial charge in [0.15, 0.2) is 9.84 Å². The molecule has 2 amide bonds. The summed E-state index contributed by atoms with van der Waals surface area (Å²) in [5, 5.41) is 2.76. The van der Waals surface area contributed by atoms with Gasteiger partial charge in [0, 0.05) is 55.9 Å². The van der Waals surface area contributed by atoms with Crippen LogP contribution in [-0.2, 0) is 16.4 Å². The molecule has 232 valence electrons. The van der Waals surface area contributed by atoms with Crippen molar-refractivity contribution in [1.82, 2.24) is 9.88 Å². The van der Waals surface area contributed by atoms with Gasteiger partial charge in [-0.05, 0) is 60.9 Å². The van der Waals surface area contributed by atoms with Crippen LogP contribution in [0, 0.1) is 11.6 Å². The number of nitrogens with one attached hydrogen (secondary N) is 1. The van der Waals surface area contributed by atoms with Crippen molar-refractivity contribution in [2.45, 2.75) is 30.3 Å². The van der Waals surface area contributed by atoms with Crippen molar-refractivity contribution >= 4 is 51.3 Å². The number of carbonyl (C=O) groups excluding carboxylic acids is 1. The number of rotatable bonds is 8. The molecular formula is C31H30Cl2F2N4O4S. The molecule has 0 spiro atoms. The van der Waals surface area contributed by atoms with E-state index in [0.29, 0.717) is 49.8 Å². The van der Waals surface area contributed by atoms with Gasteiger partial charge in [0.1, 0.15) is 17.4 Å². The summed E-state index contributed by atoms with van der Waals surface area (Å²) in [6.45, 7) is 2.07. The number of ether oxygens (including phenoxy) is 1. The first-order chi connectivity index (χ1) is 20.6. The second kappa shape index (κ2) is 14.3. The molecule has 5 rings (SSSR count). The topological polar surface area (TPSA) is 91.8 Å². The molecule has 1 N–H and O–H groups in total. The summed E-state index contributed by atoms with van der Waals surface area (Å²) in [5.74, 6) is -0.941. The Morgan fingerprint density at radius 2 is 1.77 bits per heavy atom. The second-order valence-electron chi connectivity index (χ2n) is 10.2. The van der Waals surface area contributed by atoms with Crippen molar-refractivity contribution in [1.29, 1.82) is 0 Å². The maximum atomic E-state index is 14.3. The highest BCUT2D eigenvalue weighted by Crippen LogP contribution is 2.31. The van der Waals surface area contributed by atoms with E-state index in [1.54, 1.807) is 17.2 Å². The van der Waals surface area contributed by atoms with Gasteiger partial charge in [-0.1, -0.05) is 35.9 Å². The van der Waals surface area contributed by atoms with Crippen LogP contribution >= 0.6 is 24.0 Å². The number of benzene rings is 3. The molecule has 1 aliphatic rings. The van der Waals surface area contributed by atoms with Gasteiger partial charge >= 0.3 is 6.03 Å². The van der Waals surface area contributed by atoms with E-state index in [1.165, 1.54) is 24.3 Å². The van der Waals surface area contributed by atoms with Crippen molar-refractivity contribution in [2.24, 2.45) is 0 Å². The van der Waals surface area contributed by atoms with Crippen molar-refractivity contribution in [3.63, 3.8) is 0 Å². The first-order valence-electron chi connectivity index (χ1n) is 13.5. The number of anilines is 2. The maximum absolute atomic E-state index is 14.3. The third-order valence-electron chi connectivity index (χ3n) is 7.10. The molecule has 1 aromatic heterocycles. The minimum absolute atomic E-state index is 0. The van der Waals surface area contributed by atoms with Crippen LogP contribution in [0.2, 0.25) is 5.02 Å². The first kappa shape index (κ1) is 33.1. The zero-order valence-corrected chi connectivity index (χ0v) is 26.0. The highest BCUT2D eigenvalue weighted by molar-refractivity contribution is 7.90. The Labute approximate surface area is 265 Å². The Balaban J connectivity index is 0.00000442. The standard InChI is InChI=1S/C31H29ClF2N4O4S.ClH/c1-43(40,41)25-9-11-29(26(32)18-25)42-30-12-7-21(19-35-30)20-37-15-13-24(14-16-37)38(23-5-3-2-4-6-23)31(39)36-28-10-8-22(33)17-27(28)34;/h2-12,17-19,24H,13-16,20H2,1H3,(H,36,39);1H. The summed E-state index contributed by atoms with van der Waals surface area (Å²) in [6, 6.07) is 19.5. The number of likely N-dealkylation sites (tertiary alicyclic amines) is 1. The normalized spacial score (nSPS) is 14.0. The lowest BCUT2D eigenvalue weighted by Gasteiger charge is -2.38. The average Bonchev–Trinajstić information content (AvgIpc) is 2.98.